The van der Waals surface area contributed by atoms with E-state index in [9.17, 15) is 8.42 Å². The number of sulfonamides is 1. The fourth-order valence-corrected chi connectivity index (χ4v) is 3.03. The van der Waals surface area contributed by atoms with Gasteiger partial charge in [0.05, 0.1) is 0 Å². The third kappa shape index (κ3) is 3.97. The van der Waals surface area contributed by atoms with Gasteiger partial charge in [0.25, 0.3) is 0 Å². The van der Waals surface area contributed by atoms with Gasteiger partial charge in [0.1, 0.15) is 22.4 Å². The Labute approximate surface area is 135 Å². The van der Waals surface area contributed by atoms with Gasteiger partial charge < -0.3 is 4.74 Å². The number of nitrogens with zero attached hydrogens (tertiary/aromatic N) is 2. The summed E-state index contributed by atoms with van der Waals surface area (Å²) in [6, 6.07) is 10.5. The van der Waals surface area contributed by atoms with Crippen LogP contribution < -0.4 is 4.74 Å². The van der Waals surface area contributed by atoms with Crippen LogP contribution in [0, 0.1) is 6.92 Å². The summed E-state index contributed by atoms with van der Waals surface area (Å²) >= 11 is 5.67. The lowest BCUT2D eigenvalue weighted by atomic mass is 10.2. The summed E-state index contributed by atoms with van der Waals surface area (Å²) in [5.41, 5.74) is 1.01. The fraction of sp³-hybridized carbons (Fsp3) is 0.267. The number of hydrogen-bond donors (Lipinski definition) is 0. The van der Waals surface area contributed by atoms with Crippen molar-refractivity contribution >= 4 is 21.6 Å². The van der Waals surface area contributed by atoms with E-state index in [2.05, 4.69) is 4.98 Å². The van der Waals surface area contributed by atoms with Gasteiger partial charge in [-0.1, -0.05) is 29.8 Å². The van der Waals surface area contributed by atoms with Crippen LogP contribution >= 0.6 is 11.6 Å². The van der Waals surface area contributed by atoms with Crippen LogP contribution in [-0.2, 0) is 10.0 Å². The molecule has 0 N–H and O–H groups in total. The Kier molecular flexibility index (Phi) is 5.39. The van der Waals surface area contributed by atoms with Crippen molar-refractivity contribution in [3.05, 3.63) is 53.3 Å². The Morgan fingerprint density at radius 2 is 1.95 bits per heavy atom. The minimum Gasteiger partial charge on any atom is -0.492 e. The second-order valence-electron chi connectivity index (χ2n) is 4.76. The summed E-state index contributed by atoms with van der Waals surface area (Å²) < 4.78 is 31.5. The molecule has 0 saturated heterocycles. The van der Waals surface area contributed by atoms with Crippen LogP contribution in [0.15, 0.2) is 47.5 Å². The van der Waals surface area contributed by atoms with E-state index in [1.807, 2.05) is 31.2 Å². The van der Waals surface area contributed by atoms with Crippen molar-refractivity contribution in [1.82, 2.24) is 9.29 Å². The normalized spacial score (nSPS) is 11.6. The van der Waals surface area contributed by atoms with Crippen molar-refractivity contribution in [3.8, 4) is 5.75 Å². The number of hydrogen-bond acceptors (Lipinski definition) is 4. The van der Waals surface area contributed by atoms with Crippen LogP contribution in [-0.4, -0.2) is 37.9 Å². The first-order valence-corrected chi connectivity index (χ1v) is 8.49. The van der Waals surface area contributed by atoms with Crippen molar-refractivity contribution < 1.29 is 13.2 Å². The van der Waals surface area contributed by atoms with E-state index in [4.69, 9.17) is 16.3 Å². The molecule has 0 aliphatic carbocycles. The third-order valence-corrected chi connectivity index (χ3v) is 5.23. The molecule has 0 spiro atoms. The maximum Gasteiger partial charge on any atom is 0.244 e. The van der Waals surface area contributed by atoms with Crippen LogP contribution in [0.25, 0.3) is 0 Å². The highest BCUT2D eigenvalue weighted by atomic mass is 35.5. The van der Waals surface area contributed by atoms with E-state index in [0.29, 0.717) is 0 Å². The van der Waals surface area contributed by atoms with E-state index in [0.717, 1.165) is 11.3 Å². The van der Waals surface area contributed by atoms with Crippen LogP contribution in [0.1, 0.15) is 5.56 Å². The average Bonchev–Trinajstić information content (AvgIpc) is 2.49. The summed E-state index contributed by atoms with van der Waals surface area (Å²) in [7, 11) is -2.08. The van der Waals surface area contributed by atoms with Gasteiger partial charge in [0.2, 0.25) is 10.0 Å². The summed E-state index contributed by atoms with van der Waals surface area (Å²) in [6.07, 6.45) is 1.25. The maximum atomic E-state index is 12.3. The lowest BCUT2D eigenvalue weighted by molar-refractivity contribution is 0.285. The maximum absolute atomic E-state index is 12.3. The highest BCUT2D eigenvalue weighted by Gasteiger charge is 2.21. The molecular weight excluding hydrogens is 324 g/mol. The number of likely N-dealkylation sites (N-methyl/N-ethyl adjacent to an activating group) is 1. The molecule has 1 aromatic heterocycles. The van der Waals surface area contributed by atoms with Gasteiger partial charge in [0.15, 0.2) is 0 Å². The number of aromatic nitrogens is 1. The second-order valence-corrected chi connectivity index (χ2v) is 7.19. The largest absolute Gasteiger partial charge is 0.492 e. The highest BCUT2D eigenvalue weighted by molar-refractivity contribution is 7.89. The predicted octanol–water partition coefficient (Wildman–Crippen LogP) is 2.74. The molecule has 2 rings (SSSR count). The molecule has 0 atom stereocenters. The molecule has 0 unspecified atom stereocenters. The zero-order valence-electron chi connectivity index (χ0n) is 12.4. The molecule has 5 nitrogen and oxygen atoms in total. The number of rotatable bonds is 6. The number of benzene rings is 1. The van der Waals surface area contributed by atoms with Crippen LogP contribution in [0.5, 0.6) is 5.75 Å². The average molecular weight is 341 g/mol. The van der Waals surface area contributed by atoms with Crippen molar-refractivity contribution in [2.45, 2.75) is 11.8 Å². The Balaban J connectivity index is 1.98. The van der Waals surface area contributed by atoms with Crippen molar-refractivity contribution in [2.75, 3.05) is 20.2 Å². The summed E-state index contributed by atoms with van der Waals surface area (Å²) in [5, 5.41) is 0.254. The Morgan fingerprint density at radius 1 is 1.23 bits per heavy atom. The highest BCUT2D eigenvalue weighted by Crippen LogP contribution is 2.17. The Morgan fingerprint density at radius 3 is 2.59 bits per heavy atom. The van der Waals surface area contributed by atoms with E-state index in [1.165, 1.54) is 29.7 Å². The standard InChI is InChI=1S/C15H17ClN2O3S/c1-12-5-3-4-6-14(12)21-10-9-18(2)22(19,20)13-7-8-15(16)17-11-13/h3-8,11H,9-10H2,1-2H3. The van der Waals surface area contributed by atoms with Gasteiger partial charge >= 0.3 is 0 Å². The predicted molar refractivity (Wildman–Crippen MR) is 85.7 cm³/mol. The Bertz CT molecular complexity index is 733. The minimum atomic E-state index is -3.59. The van der Waals surface area contributed by atoms with Crippen molar-refractivity contribution in [2.24, 2.45) is 0 Å². The monoisotopic (exact) mass is 340 g/mol. The molecule has 22 heavy (non-hydrogen) atoms. The molecule has 2 aromatic rings. The number of aryl methyl sites for hydroxylation is 1. The minimum absolute atomic E-state index is 0.107. The number of halogens is 1. The topological polar surface area (TPSA) is 59.5 Å². The molecule has 1 heterocycles. The number of ether oxygens (including phenoxy) is 1. The molecule has 0 fully saturated rings. The first-order chi connectivity index (χ1) is 10.4. The molecular formula is C15H17ClN2O3S. The second kappa shape index (κ2) is 7.09. The molecule has 0 saturated carbocycles. The molecule has 0 amide bonds. The van der Waals surface area contributed by atoms with Crippen LogP contribution in [0.2, 0.25) is 5.15 Å². The van der Waals surface area contributed by atoms with Crippen LogP contribution in [0.4, 0.5) is 0 Å². The van der Waals surface area contributed by atoms with E-state index in [1.54, 1.807) is 0 Å². The van der Waals surface area contributed by atoms with Gasteiger partial charge in [-0.3, -0.25) is 0 Å². The van der Waals surface area contributed by atoms with Gasteiger partial charge in [-0.25, -0.2) is 13.4 Å². The number of pyridine rings is 1. The Hall–Kier alpha value is -1.63. The molecule has 0 aliphatic rings. The zero-order valence-corrected chi connectivity index (χ0v) is 13.9. The molecule has 1 aromatic carbocycles. The molecule has 0 bridgehead atoms. The van der Waals surface area contributed by atoms with E-state index in [-0.39, 0.29) is 23.2 Å². The van der Waals surface area contributed by atoms with E-state index < -0.39 is 10.0 Å². The first kappa shape index (κ1) is 16.7. The van der Waals surface area contributed by atoms with Gasteiger partial charge in [0, 0.05) is 19.8 Å². The van der Waals surface area contributed by atoms with E-state index >= 15 is 0 Å². The smallest absolute Gasteiger partial charge is 0.244 e. The molecule has 7 heteroatoms. The lowest BCUT2D eigenvalue weighted by Crippen LogP contribution is -2.31. The third-order valence-electron chi connectivity index (χ3n) is 3.17. The summed E-state index contributed by atoms with van der Waals surface area (Å²) in [5.74, 6) is 0.751. The first-order valence-electron chi connectivity index (χ1n) is 6.67. The lowest BCUT2D eigenvalue weighted by Gasteiger charge is -2.17. The summed E-state index contributed by atoms with van der Waals surface area (Å²) in [6.45, 7) is 2.44. The van der Waals surface area contributed by atoms with Gasteiger partial charge in [-0.15, -0.1) is 0 Å². The molecule has 118 valence electrons. The quantitative estimate of drug-likeness (QED) is 0.759. The van der Waals surface area contributed by atoms with Gasteiger partial charge in [-0.05, 0) is 30.7 Å². The van der Waals surface area contributed by atoms with Crippen molar-refractivity contribution in [3.63, 3.8) is 0 Å². The summed E-state index contributed by atoms with van der Waals surface area (Å²) in [4.78, 5) is 3.90. The SMILES string of the molecule is Cc1ccccc1OCCN(C)S(=O)(=O)c1ccc(Cl)nc1. The molecule has 0 aliphatic heterocycles. The molecule has 0 radical (unpaired) electrons. The zero-order chi connectivity index (χ0) is 16.2. The fourth-order valence-electron chi connectivity index (χ4n) is 1.82. The van der Waals surface area contributed by atoms with Gasteiger partial charge in [-0.2, -0.15) is 4.31 Å². The number of para-hydroxylation sites is 1. The van der Waals surface area contributed by atoms with Crippen LogP contribution in [0.3, 0.4) is 0 Å². The van der Waals surface area contributed by atoms with Crippen molar-refractivity contribution in [1.29, 1.82) is 0 Å².